The molecule has 1 aliphatic heterocycles. The number of nitrogens with zero attached hydrogens (tertiary/aromatic N) is 3. The average molecular weight is 293 g/mol. The molecule has 0 unspecified atom stereocenters. The number of pyridine rings is 1. The summed E-state index contributed by atoms with van der Waals surface area (Å²) < 4.78 is 37.8. The number of rotatable bonds is 1. The summed E-state index contributed by atoms with van der Waals surface area (Å²) in [7, 11) is 0. The Morgan fingerprint density at radius 1 is 1.26 bits per heavy atom. The highest BCUT2D eigenvalue weighted by atomic mass is 35.5. The van der Waals surface area contributed by atoms with Crippen molar-refractivity contribution in [2.24, 2.45) is 0 Å². The molecule has 2 rings (SSSR count). The predicted molar refractivity (Wildman–Crippen MR) is 66.3 cm³/mol. The van der Waals surface area contributed by atoms with E-state index in [1.165, 1.54) is 6.07 Å². The molecule has 1 fully saturated rings. The van der Waals surface area contributed by atoms with Gasteiger partial charge in [-0.25, -0.2) is 4.98 Å². The molecule has 8 heteroatoms. The zero-order valence-corrected chi connectivity index (χ0v) is 10.7. The lowest BCUT2D eigenvalue weighted by atomic mass is 10.2. The lowest BCUT2D eigenvalue weighted by Crippen LogP contribution is -2.44. The van der Waals surface area contributed by atoms with Crippen LogP contribution in [-0.2, 0) is 6.18 Å². The maximum atomic E-state index is 12.6. The minimum absolute atomic E-state index is 0. The molecule has 0 bridgehead atoms. The standard InChI is InChI=1S/C11H11F3N4.ClH/c12-11(13,14)9-2-1-8(7-15)10(17-9)18-5-3-16-4-6-18;/h1-2,16H,3-6H2;1H. The minimum Gasteiger partial charge on any atom is -0.353 e. The van der Waals surface area contributed by atoms with Crippen molar-refractivity contribution >= 4 is 18.2 Å². The Balaban J connectivity index is 0.00000180. The quantitative estimate of drug-likeness (QED) is 0.857. The summed E-state index contributed by atoms with van der Waals surface area (Å²) in [5, 5.41) is 12.0. The van der Waals surface area contributed by atoms with Gasteiger partial charge in [0, 0.05) is 26.2 Å². The Hall–Kier alpha value is -1.52. The molecule has 1 saturated heterocycles. The fraction of sp³-hybridized carbons (Fsp3) is 0.455. The molecule has 1 aliphatic rings. The zero-order chi connectivity index (χ0) is 13.2. The number of piperazine rings is 1. The summed E-state index contributed by atoms with van der Waals surface area (Å²) in [6, 6.07) is 3.89. The van der Waals surface area contributed by atoms with Crippen molar-refractivity contribution in [3.05, 3.63) is 23.4 Å². The van der Waals surface area contributed by atoms with Gasteiger partial charge in [-0.2, -0.15) is 18.4 Å². The third-order valence-corrected chi connectivity index (χ3v) is 2.70. The monoisotopic (exact) mass is 292 g/mol. The normalized spacial score (nSPS) is 15.6. The molecule has 2 heterocycles. The van der Waals surface area contributed by atoms with Crippen LogP contribution in [0.1, 0.15) is 11.3 Å². The van der Waals surface area contributed by atoms with E-state index in [0.29, 0.717) is 26.2 Å². The summed E-state index contributed by atoms with van der Waals surface area (Å²) in [6.07, 6.45) is -4.49. The van der Waals surface area contributed by atoms with Gasteiger partial charge in [0.15, 0.2) is 0 Å². The van der Waals surface area contributed by atoms with Crippen LogP contribution in [0.15, 0.2) is 12.1 Å². The second-order valence-corrected chi connectivity index (χ2v) is 3.91. The second kappa shape index (κ2) is 6.08. The van der Waals surface area contributed by atoms with E-state index in [9.17, 15) is 13.2 Å². The molecule has 1 aromatic heterocycles. The van der Waals surface area contributed by atoms with Crippen LogP contribution < -0.4 is 10.2 Å². The number of nitriles is 1. The highest BCUT2D eigenvalue weighted by molar-refractivity contribution is 5.85. The zero-order valence-electron chi connectivity index (χ0n) is 9.87. The number of aromatic nitrogens is 1. The fourth-order valence-corrected chi connectivity index (χ4v) is 1.81. The van der Waals surface area contributed by atoms with Crippen molar-refractivity contribution in [3.63, 3.8) is 0 Å². The van der Waals surface area contributed by atoms with Crippen molar-refractivity contribution < 1.29 is 13.2 Å². The second-order valence-electron chi connectivity index (χ2n) is 3.91. The first kappa shape index (κ1) is 15.5. The molecule has 1 aromatic rings. The molecule has 0 aliphatic carbocycles. The largest absolute Gasteiger partial charge is 0.433 e. The van der Waals surface area contributed by atoms with Gasteiger partial charge in [0.2, 0.25) is 0 Å². The topological polar surface area (TPSA) is 52.0 Å². The smallest absolute Gasteiger partial charge is 0.353 e. The van der Waals surface area contributed by atoms with Gasteiger partial charge in [0.05, 0.1) is 5.56 Å². The molecule has 0 saturated carbocycles. The van der Waals surface area contributed by atoms with Crippen molar-refractivity contribution in [2.45, 2.75) is 6.18 Å². The van der Waals surface area contributed by atoms with Crippen LogP contribution in [0, 0.1) is 11.3 Å². The number of hydrogen-bond donors (Lipinski definition) is 1. The lowest BCUT2D eigenvalue weighted by molar-refractivity contribution is -0.141. The highest BCUT2D eigenvalue weighted by Gasteiger charge is 2.33. The first-order valence-corrected chi connectivity index (χ1v) is 5.46. The number of anilines is 1. The van der Waals surface area contributed by atoms with Crippen molar-refractivity contribution in [3.8, 4) is 6.07 Å². The Labute approximate surface area is 114 Å². The SMILES string of the molecule is Cl.N#Cc1ccc(C(F)(F)F)nc1N1CCNCC1. The van der Waals surface area contributed by atoms with Crippen LogP contribution in [0.5, 0.6) is 0 Å². The van der Waals surface area contributed by atoms with Crippen LogP contribution in [0.2, 0.25) is 0 Å². The van der Waals surface area contributed by atoms with Crippen molar-refractivity contribution in [1.82, 2.24) is 10.3 Å². The summed E-state index contributed by atoms with van der Waals surface area (Å²) >= 11 is 0. The molecule has 1 N–H and O–H groups in total. The number of nitrogens with one attached hydrogen (secondary N) is 1. The van der Waals surface area contributed by atoms with Crippen LogP contribution in [0.4, 0.5) is 19.0 Å². The first-order chi connectivity index (χ1) is 8.52. The van der Waals surface area contributed by atoms with E-state index in [1.807, 2.05) is 6.07 Å². The molecule has 19 heavy (non-hydrogen) atoms. The van der Waals surface area contributed by atoms with Gasteiger partial charge in [0.25, 0.3) is 0 Å². The maximum Gasteiger partial charge on any atom is 0.433 e. The van der Waals surface area contributed by atoms with E-state index >= 15 is 0 Å². The lowest BCUT2D eigenvalue weighted by Gasteiger charge is -2.29. The average Bonchev–Trinajstić information content (AvgIpc) is 2.38. The van der Waals surface area contributed by atoms with Crippen LogP contribution in [-0.4, -0.2) is 31.2 Å². The van der Waals surface area contributed by atoms with Crippen LogP contribution in [0.3, 0.4) is 0 Å². The van der Waals surface area contributed by atoms with Gasteiger partial charge in [-0.05, 0) is 12.1 Å². The van der Waals surface area contributed by atoms with Gasteiger partial charge < -0.3 is 10.2 Å². The summed E-state index contributed by atoms with van der Waals surface area (Å²) in [5.74, 6) is 0.119. The van der Waals surface area contributed by atoms with Crippen LogP contribution in [0.25, 0.3) is 0 Å². The molecule has 0 atom stereocenters. The molecular formula is C11H12ClF3N4. The predicted octanol–water partition coefficient (Wildman–Crippen LogP) is 1.80. The molecule has 104 valence electrons. The molecule has 0 spiro atoms. The molecule has 0 radical (unpaired) electrons. The van der Waals surface area contributed by atoms with E-state index in [0.717, 1.165) is 6.07 Å². The third-order valence-electron chi connectivity index (χ3n) is 2.70. The number of halogens is 4. The molecule has 0 amide bonds. The summed E-state index contributed by atoms with van der Waals surface area (Å²) in [5.41, 5.74) is -0.792. The molecular weight excluding hydrogens is 281 g/mol. The maximum absolute atomic E-state index is 12.6. The van der Waals surface area contributed by atoms with Gasteiger partial charge in [0.1, 0.15) is 17.6 Å². The Kier molecular flexibility index (Phi) is 4.97. The molecule has 4 nitrogen and oxygen atoms in total. The number of alkyl halides is 3. The summed E-state index contributed by atoms with van der Waals surface area (Å²) in [6.45, 7) is 2.43. The fourth-order valence-electron chi connectivity index (χ4n) is 1.81. The van der Waals surface area contributed by atoms with Crippen LogP contribution >= 0.6 is 12.4 Å². The first-order valence-electron chi connectivity index (χ1n) is 5.46. The van der Waals surface area contributed by atoms with E-state index in [2.05, 4.69) is 10.3 Å². The van der Waals surface area contributed by atoms with Gasteiger partial charge in [-0.1, -0.05) is 0 Å². The minimum atomic E-state index is -4.49. The summed E-state index contributed by atoms with van der Waals surface area (Å²) in [4.78, 5) is 5.29. The van der Waals surface area contributed by atoms with E-state index in [-0.39, 0.29) is 23.8 Å². The van der Waals surface area contributed by atoms with Crippen molar-refractivity contribution in [1.29, 1.82) is 5.26 Å². The van der Waals surface area contributed by atoms with Gasteiger partial charge in [-0.3, -0.25) is 0 Å². The van der Waals surface area contributed by atoms with E-state index < -0.39 is 11.9 Å². The highest BCUT2D eigenvalue weighted by Crippen LogP contribution is 2.30. The molecule has 0 aromatic carbocycles. The third kappa shape index (κ3) is 3.49. The van der Waals surface area contributed by atoms with Gasteiger partial charge in [-0.15, -0.1) is 12.4 Å². The number of hydrogen-bond acceptors (Lipinski definition) is 4. The van der Waals surface area contributed by atoms with E-state index in [4.69, 9.17) is 5.26 Å². The van der Waals surface area contributed by atoms with Crippen molar-refractivity contribution in [2.75, 3.05) is 31.1 Å². The van der Waals surface area contributed by atoms with Gasteiger partial charge >= 0.3 is 6.18 Å². The Bertz CT molecular complexity index is 478. The van der Waals surface area contributed by atoms with E-state index in [1.54, 1.807) is 4.90 Å². The Morgan fingerprint density at radius 2 is 1.89 bits per heavy atom. The Morgan fingerprint density at radius 3 is 2.42 bits per heavy atom.